The number of quaternary nitrogens is 1. The number of morpholine rings is 1. The molecule has 56 heavy (non-hydrogen) atoms. The Morgan fingerprint density at radius 3 is 2.66 bits per heavy atom. The first-order valence-corrected chi connectivity index (χ1v) is 20.2. The summed E-state index contributed by atoms with van der Waals surface area (Å²) in [5.74, 6) is 5.14. The predicted molar refractivity (Wildman–Crippen MR) is 216 cm³/mol. The monoisotopic (exact) mass is 802 g/mol. The molecule has 16 heteroatoms. The minimum atomic E-state index is -1.39. The van der Waals surface area contributed by atoms with Gasteiger partial charge in [0.05, 0.1) is 49.6 Å². The Morgan fingerprint density at radius 2 is 1.93 bits per heavy atom. The maximum absolute atomic E-state index is 14.8. The van der Waals surface area contributed by atoms with Crippen LogP contribution < -0.4 is 20.1 Å². The molecule has 3 aromatic heterocycles. The van der Waals surface area contributed by atoms with Gasteiger partial charge in [0.2, 0.25) is 0 Å². The van der Waals surface area contributed by atoms with E-state index < -0.39 is 17.9 Å². The van der Waals surface area contributed by atoms with Gasteiger partial charge < -0.3 is 39.2 Å². The van der Waals surface area contributed by atoms with E-state index in [9.17, 15) is 19.4 Å². The largest absolute Gasteiger partial charge is 0.543 e. The third-order valence-corrected chi connectivity index (χ3v) is 11.5. The minimum Gasteiger partial charge on any atom is -0.543 e. The van der Waals surface area contributed by atoms with Crippen molar-refractivity contribution >= 4 is 60.8 Å². The van der Waals surface area contributed by atoms with Crippen LogP contribution in [0.1, 0.15) is 45.8 Å². The Labute approximate surface area is 334 Å². The van der Waals surface area contributed by atoms with Crippen LogP contribution in [0.3, 0.4) is 0 Å². The topological polar surface area (TPSA) is 149 Å². The number of aliphatic hydroxyl groups is 1. The fourth-order valence-corrected chi connectivity index (χ4v) is 8.30. The van der Waals surface area contributed by atoms with Crippen LogP contribution in [0, 0.1) is 24.6 Å². The van der Waals surface area contributed by atoms with E-state index in [2.05, 4.69) is 44.4 Å². The second kappa shape index (κ2) is 18.9. The molecular formula is C40H47FN8O5S2. The van der Waals surface area contributed by atoms with Gasteiger partial charge in [-0.05, 0) is 88.7 Å². The number of fused-ring (bicyclic) bond motifs is 1. The van der Waals surface area contributed by atoms with E-state index in [-0.39, 0.29) is 18.1 Å². The second-order valence-electron chi connectivity index (χ2n) is 14.3. The van der Waals surface area contributed by atoms with Crippen molar-refractivity contribution < 1.29 is 33.4 Å². The van der Waals surface area contributed by atoms with E-state index in [4.69, 9.17) is 9.47 Å². The van der Waals surface area contributed by atoms with E-state index >= 15 is 0 Å². The summed E-state index contributed by atoms with van der Waals surface area (Å²) in [7, 11) is 5.96. The van der Waals surface area contributed by atoms with Crippen LogP contribution in [0.4, 0.5) is 26.3 Å². The zero-order chi connectivity index (χ0) is 39.7. The molecule has 1 aliphatic rings. The molecule has 2 aromatic carbocycles. The Kier molecular flexibility index (Phi) is 13.8. The second-order valence-corrected chi connectivity index (χ2v) is 16.4. The van der Waals surface area contributed by atoms with Crippen molar-refractivity contribution in [2.45, 2.75) is 38.7 Å². The van der Waals surface area contributed by atoms with Crippen molar-refractivity contribution in [3.63, 3.8) is 0 Å². The summed E-state index contributed by atoms with van der Waals surface area (Å²) in [6.45, 7) is 6.70. The zero-order valence-electron chi connectivity index (χ0n) is 32.1. The highest BCUT2D eigenvalue weighted by Gasteiger charge is 2.28. The molecule has 0 saturated carbocycles. The molecule has 1 atom stereocenters. The van der Waals surface area contributed by atoms with Crippen LogP contribution in [0.25, 0.3) is 10.2 Å². The number of likely N-dealkylation sites (N-methyl/N-ethyl adjacent to an activating group) is 1. The van der Waals surface area contributed by atoms with Crippen molar-refractivity contribution in [1.29, 1.82) is 0 Å². The molecule has 1 fully saturated rings. The van der Waals surface area contributed by atoms with Gasteiger partial charge in [-0.25, -0.2) is 14.4 Å². The average Bonchev–Trinajstić information content (AvgIpc) is 3.78. The molecule has 1 unspecified atom stereocenters. The van der Waals surface area contributed by atoms with Gasteiger partial charge in [0.25, 0.3) is 0 Å². The summed E-state index contributed by atoms with van der Waals surface area (Å²) >= 11 is 2.74. The number of carbonyl (C=O) groups is 1. The van der Waals surface area contributed by atoms with Gasteiger partial charge in [-0.3, -0.25) is 4.90 Å². The third-order valence-electron chi connectivity index (χ3n) is 9.36. The quantitative estimate of drug-likeness (QED) is 0.0758. The molecule has 296 valence electrons. The molecule has 0 radical (unpaired) electrons. The van der Waals surface area contributed by atoms with Gasteiger partial charge in [-0.2, -0.15) is 0 Å². The van der Waals surface area contributed by atoms with E-state index in [0.717, 1.165) is 33.4 Å². The number of aryl methyl sites for hydroxylation is 2. The lowest BCUT2D eigenvalue weighted by atomic mass is 10.1. The fraction of sp³-hybridized carbons (Fsp3) is 0.425. The maximum Gasteiger partial charge on any atom is 0.191 e. The van der Waals surface area contributed by atoms with E-state index in [1.807, 2.05) is 61.2 Å². The first-order chi connectivity index (χ1) is 27.0. The molecule has 0 bridgehead atoms. The van der Waals surface area contributed by atoms with Crippen LogP contribution in [0.2, 0.25) is 0 Å². The molecule has 1 aliphatic heterocycles. The number of thiazole rings is 2. The van der Waals surface area contributed by atoms with Gasteiger partial charge in [-0.15, -0.1) is 21.5 Å². The van der Waals surface area contributed by atoms with Gasteiger partial charge in [0.1, 0.15) is 31.4 Å². The Hall–Kier alpha value is -4.76. The zero-order valence-corrected chi connectivity index (χ0v) is 33.7. The van der Waals surface area contributed by atoms with Crippen molar-refractivity contribution in [1.82, 2.24) is 25.1 Å². The van der Waals surface area contributed by atoms with Crippen molar-refractivity contribution in [2.75, 3.05) is 83.9 Å². The average molecular weight is 803 g/mol. The normalized spacial score (nSPS) is 14.3. The Bertz CT molecular complexity index is 2150. The number of anilines is 4. The van der Waals surface area contributed by atoms with Crippen LogP contribution in [0.15, 0.2) is 48.5 Å². The number of aromatic nitrogens is 4. The number of benzene rings is 2. The van der Waals surface area contributed by atoms with Crippen molar-refractivity contribution in [2.24, 2.45) is 0 Å². The standard InChI is InChI=1S/C40H47FN8O5S2/c1-27-24-35(45-46-37(27)44-39-42-31-12-5-6-13-33(31)55-39)48(18-8-11-29(50)26-49(4)19-22-53-23-20-49)40-43-36(38(51)52)34(56-40)14-9-21-54-32-16-15-28(25-30(32)41)10-7-17-47(2)3/h5-6,12-13,15-16,24-25,29,50H,8-9,11,14,17-23,26H2,1-4H3,(H-,42,44,46,51,52). The number of nitrogens with one attached hydrogen (secondary N) is 1. The summed E-state index contributed by atoms with van der Waals surface area (Å²) in [4.78, 5) is 25.8. The summed E-state index contributed by atoms with van der Waals surface area (Å²) in [6, 6.07) is 14.3. The van der Waals surface area contributed by atoms with Crippen molar-refractivity contribution in [3.8, 4) is 17.6 Å². The number of carbonyl (C=O) groups excluding carboxylic acids is 1. The molecule has 2 N–H and O–H groups in total. The van der Waals surface area contributed by atoms with Gasteiger partial charge in [0, 0.05) is 17.0 Å². The SMILES string of the molecule is Cc1cc(N(CCCC(O)C[N+]2(C)CCOCC2)c2nc(C(=O)[O-])c(CCCOc3ccc(C#CCN(C)C)cc3F)s2)nnc1Nc1nc2ccccc2s1. The van der Waals surface area contributed by atoms with Crippen molar-refractivity contribution in [3.05, 3.63) is 76.0 Å². The molecule has 0 aliphatic carbocycles. The predicted octanol–water partition coefficient (Wildman–Crippen LogP) is 4.78. The first kappa shape index (κ1) is 40.9. The number of nitrogens with zero attached hydrogens (tertiary/aromatic N) is 7. The molecule has 0 spiro atoms. The summed E-state index contributed by atoms with van der Waals surface area (Å²) in [6.07, 6.45) is 1.30. The number of aliphatic hydroxyl groups excluding tert-OH is 1. The lowest BCUT2D eigenvalue weighted by Gasteiger charge is -2.39. The molecule has 5 aromatic rings. The summed E-state index contributed by atoms with van der Waals surface area (Å²) in [5, 5.41) is 36.8. The van der Waals surface area contributed by atoms with E-state index in [0.29, 0.717) is 90.9 Å². The molecule has 6 rings (SSSR count). The number of carboxylic acids is 1. The number of para-hydroxylation sites is 1. The number of hydrogen-bond donors (Lipinski definition) is 2. The van der Waals surface area contributed by atoms with Crippen LogP contribution in [0.5, 0.6) is 5.75 Å². The molecular weight excluding hydrogens is 756 g/mol. The van der Waals surface area contributed by atoms with Gasteiger partial charge in [-0.1, -0.05) is 35.3 Å². The lowest BCUT2D eigenvalue weighted by Crippen LogP contribution is -2.55. The lowest BCUT2D eigenvalue weighted by molar-refractivity contribution is -0.919. The summed E-state index contributed by atoms with van der Waals surface area (Å²) in [5.41, 5.74) is 2.08. The van der Waals surface area contributed by atoms with Gasteiger partial charge in [0.15, 0.2) is 33.5 Å². The number of aromatic carboxylic acids is 1. The van der Waals surface area contributed by atoms with Crippen LogP contribution in [-0.4, -0.2) is 120 Å². The van der Waals surface area contributed by atoms with Crippen LogP contribution in [-0.2, 0) is 11.2 Å². The number of carboxylic acid groups (broad SMARTS) is 1. The van der Waals surface area contributed by atoms with E-state index in [1.54, 1.807) is 12.1 Å². The van der Waals surface area contributed by atoms with Crippen LogP contribution >= 0.6 is 22.7 Å². The maximum atomic E-state index is 14.8. The highest BCUT2D eigenvalue weighted by Crippen LogP contribution is 2.34. The van der Waals surface area contributed by atoms with E-state index in [1.165, 1.54) is 28.7 Å². The highest BCUT2D eigenvalue weighted by atomic mass is 32.1. The number of rotatable bonds is 17. The Balaban J connectivity index is 1.16. The molecule has 13 nitrogen and oxygen atoms in total. The molecule has 4 heterocycles. The van der Waals surface area contributed by atoms with Gasteiger partial charge >= 0.3 is 0 Å². The number of ether oxygens (including phenoxy) is 2. The molecule has 1 saturated heterocycles. The highest BCUT2D eigenvalue weighted by molar-refractivity contribution is 7.22. The molecule has 0 amide bonds. The first-order valence-electron chi connectivity index (χ1n) is 18.6. The third kappa shape index (κ3) is 11.0. The fourth-order valence-electron chi connectivity index (χ4n) is 6.31. The summed E-state index contributed by atoms with van der Waals surface area (Å²) < 4.78 is 27.8. The smallest absolute Gasteiger partial charge is 0.191 e. The number of halogens is 1. The minimum absolute atomic E-state index is 0.0984. The number of hydrogen-bond acceptors (Lipinski definition) is 14. The Morgan fingerprint density at radius 1 is 1.12 bits per heavy atom.